The lowest BCUT2D eigenvalue weighted by atomic mass is 9.95. The van der Waals surface area contributed by atoms with Gasteiger partial charge in [0, 0.05) is 19.5 Å². The second kappa shape index (κ2) is 9.03. The van der Waals surface area contributed by atoms with Crippen LogP contribution in [0.25, 0.3) is 0 Å². The Bertz CT molecular complexity index is 739. The van der Waals surface area contributed by atoms with E-state index in [-0.39, 0.29) is 11.7 Å². The van der Waals surface area contributed by atoms with Crippen molar-refractivity contribution in [1.82, 2.24) is 30.4 Å². The molecule has 1 saturated heterocycles. The average molecular weight is 374 g/mol. The molecule has 1 N–H and O–H groups in total. The van der Waals surface area contributed by atoms with E-state index < -0.39 is 6.04 Å². The van der Waals surface area contributed by atoms with Gasteiger partial charge in [0.1, 0.15) is 17.7 Å². The number of carbonyl (C=O) groups is 1. The monoisotopic (exact) mass is 374 g/mol. The molecule has 1 fully saturated rings. The van der Waals surface area contributed by atoms with Gasteiger partial charge in [0.05, 0.1) is 0 Å². The zero-order chi connectivity index (χ0) is 19.2. The van der Waals surface area contributed by atoms with Crippen LogP contribution in [-0.4, -0.2) is 57.2 Å². The minimum absolute atomic E-state index is 0.0247. The van der Waals surface area contributed by atoms with Crippen molar-refractivity contribution in [3.05, 3.63) is 41.5 Å². The maximum absolute atomic E-state index is 13.3. The number of benzene rings is 1. The third-order valence-electron chi connectivity index (χ3n) is 5.19. The normalized spacial score (nSPS) is 16.5. The molecule has 1 unspecified atom stereocenters. The first kappa shape index (κ1) is 19.4. The van der Waals surface area contributed by atoms with Gasteiger partial charge in [0.2, 0.25) is 5.91 Å². The number of rotatable bonds is 7. The maximum atomic E-state index is 13.3. The van der Waals surface area contributed by atoms with Gasteiger partial charge in [-0.05, 0) is 66.9 Å². The van der Waals surface area contributed by atoms with Crippen LogP contribution >= 0.6 is 0 Å². The number of nitrogens with zero attached hydrogens (tertiary/aromatic N) is 5. The molecule has 0 saturated carbocycles. The number of aryl methyl sites for hydroxylation is 1. The van der Waals surface area contributed by atoms with Crippen LogP contribution < -0.4 is 5.32 Å². The molecule has 0 bridgehead atoms. The highest BCUT2D eigenvalue weighted by atomic mass is 19.1. The molecule has 7 nitrogen and oxygen atoms in total. The minimum Gasteiger partial charge on any atom is -0.341 e. The molecule has 1 aromatic carbocycles. The van der Waals surface area contributed by atoms with E-state index in [1.807, 2.05) is 4.90 Å². The quantitative estimate of drug-likeness (QED) is 0.799. The number of amides is 1. The molecule has 8 heteroatoms. The summed E-state index contributed by atoms with van der Waals surface area (Å²) in [6, 6.07) is 5.72. The molecule has 0 spiro atoms. The highest BCUT2D eigenvalue weighted by Gasteiger charge is 2.31. The standard InChI is InChI=1S/C19H27FN6O/c1-3-21-13-16-8-10-25(11-9-16)19(27)18(26-14(2)22-23-24-26)12-15-4-6-17(20)7-5-15/h4-7,16,18,21H,3,8-13H2,1-2H3. The van der Waals surface area contributed by atoms with Crippen molar-refractivity contribution >= 4 is 5.91 Å². The lowest BCUT2D eigenvalue weighted by Crippen LogP contribution is -2.44. The number of carbonyl (C=O) groups excluding carboxylic acids is 1. The number of tetrazole rings is 1. The number of hydrogen-bond donors (Lipinski definition) is 1. The van der Waals surface area contributed by atoms with E-state index in [4.69, 9.17) is 0 Å². The Labute approximate surface area is 158 Å². The molecule has 27 heavy (non-hydrogen) atoms. The summed E-state index contributed by atoms with van der Waals surface area (Å²) in [7, 11) is 0. The predicted molar refractivity (Wildman–Crippen MR) is 99.5 cm³/mol. The van der Waals surface area contributed by atoms with E-state index >= 15 is 0 Å². The Morgan fingerprint density at radius 1 is 1.30 bits per heavy atom. The summed E-state index contributed by atoms with van der Waals surface area (Å²) >= 11 is 0. The van der Waals surface area contributed by atoms with Crippen molar-refractivity contribution in [3.8, 4) is 0 Å². The Balaban J connectivity index is 1.72. The van der Waals surface area contributed by atoms with Crippen molar-refractivity contribution in [3.63, 3.8) is 0 Å². The minimum atomic E-state index is -0.518. The summed E-state index contributed by atoms with van der Waals surface area (Å²) < 4.78 is 14.8. The van der Waals surface area contributed by atoms with Crippen molar-refractivity contribution in [2.75, 3.05) is 26.2 Å². The van der Waals surface area contributed by atoms with Gasteiger partial charge in [-0.1, -0.05) is 19.1 Å². The smallest absolute Gasteiger partial charge is 0.247 e. The molecule has 1 amide bonds. The fraction of sp³-hybridized carbons (Fsp3) is 0.579. The molecule has 1 atom stereocenters. The summed E-state index contributed by atoms with van der Waals surface area (Å²) in [4.78, 5) is 15.2. The molecule has 2 aromatic rings. The van der Waals surface area contributed by atoms with Crippen LogP contribution in [0.15, 0.2) is 24.3 Å². The number of piperidine rings is 1. The van der Waals surface area contributed by atoms with Gasteiger partial charge in [0.25, 0.3) is 0 Å². The number of halogens is 1. The highest BCUT2D eigenvalue weighted by molar-refractivity contribution is 5.80. The molecular weight excluding hydrogens is 347 g/mol. The largest absolute Gasteiger partial charge is 0.341 e. The summed E-state index contributed by atoms with van der Waals surface area (Å²) in [5.41, 5.74) is 0.881. The average Bonchev–Trinajstić information content (AvgIpc) is 3.11. The molecule has 1 aromatic heterocycles. The zero-order valence-electron chi connectivity index (χ0n) is 15.9. The Kier molecular flexibility index (Phi) is 6.49. The van der Waals surface area contributed by atoms with Crippen LogP contribution in [0.1, 0.15) is 37.2 Å². The lowest BCUT2D eigenvalue weighted by molar-refractivity contribution is -0.136. The topological polar surface area (TPSA) is 75.9 Å². The Hall–Kier alpha value is -2.35. The fourth-order valence-electron chi connectivity index (χ4n) is 3.57. The molecule has 1 aliphatic rings. The van der Waals surface area contributed by atoms with Crippen molar-refractivity contribution < 1.29 is 9.18 Å². The summed E-state index contributed by atoms with van der Waals surface area (Å²) in [6.07, 6.45) is 2.43. The first-order valence-corrected chi connectivity index (χ1v) is 9.57. The second-order valence-corrected chi connectivity index (χ2v) is 7.09. The molecule has 1 aliphatic heterocycles. The van der Waals surface area contributed by atoms with E-state index in [9.17, 15) is 9.18 Å². The fourth-order valence-corrected chi connectivity index (χ4v) is 3.57. The van der Waals surface area contributed by atoms with Gasteiger partial charge in [0.15, 0.2) is 0 Å². The van der Waals surface area contributed by atoms with Crippen molar-refractivity contribution in [2.24, 2.45) is 5.92 Å². The van der Waals surface area contributed by atoms with Gasteiger partial charge in [-0.15, -0.1) is 5.10 Å². The first-order chi connectivity index (χ1) is 13.1. The van der Waals surface area contributed by atoms with E-state index in [1.54, 1.807) is 23.7 Å². The second-order valence-electron chi connectivity index (χ2n) is 7.09. The van der Waals surface area contributed by atoms with Crippen LogP contribution in [0.5, 0.6) is 0 Å². The van der Waals surface area contributed by atoms with Gasteiger partial charge in [-0.2, -0.15) is 0 Å². The Morgan fingerprint density at radius 3 is 2.59 bits per heavy atom. The van der Waals surface area contributed by atoms with Gasteiger partial charge in [-0.25, -0.2) is 9.07 Å². The van der Waals surface area contributed by atoms with Crippen molar-refractivity contribution in [1.29, 1.82) is 0 Å². The van der Waals surface area contributed by atoms with Gasteiger partial charge < -0.3 is 10.2 Å². The number of hydrogen-bond acceptors (Lipinski definition) is 5. The number of aromatic nitrogens is 4. The van der Waals surface area contributed by atoms with Crippen LogP contribution in [0.3, 0.4) is 0 Å². The van der Waals surface area contributed by atoms with Crippen LogP contribution in [0.2, 0.25) is 0 Å². The summed E-state index contributed by atoms with van der Waals surface area (Å²) in [6.45, 7) is 7.36. The number of likely N-dealkylation sites (tertiary alicyclic amines) is 1. The molecule has 146 valence electrons. The van der Waals surface area contributed by atoms with Crippen LogP contribution in [-0.2, 0) is 11.2 Å². The summed E-state index contributed by atoms with van der Waals surface area (Å²) in [5, 5.41) is 15.0. The molecule has 2 heterocycles. The predicted octanol–water partition coefficient (Wildman–Crippen LogP) is 1.75. The van der Waals surface area contributed by atoms with Crippen molar-refractivity contribution in [2.45, 2.75) is 39.2 Å². The SMILES string of the molecule is CCNCC1CCN(C(=O)C(Cc2ccc(F)cc2)n2nnnc2C)CC1. The molecule has 0 aliphatic carbocycles. The molecule has 3 rings (SSSR count). The van der Waals surface area contributed by atoms with E-state index in [1.165, 1.54) is 12.1 Å². The van der Waals surface area contributed by atoms with E-state index in [0.717, 1.165) is 44.6 Å². The zero-order valence-corrected chi connectivity index (χ0v) is 15.9. The Morgan fingerprint density at radius 2 is 2.00 bits per heavy atom. The molecule has 0 radical (unpaired) electrons. The van der Waals surface area contributed by atoms with Gasteiger partial charge in [-0.3, -0.25) is 4.79 Å². The van der Waals surface area contributed by atoms with Crippen LogP contribution in [0.4, 0.5) is 4.39 Å². The highest BCUT2D eigenvalue weighted by Crippen LogP contribution is 2.23. The summed E-state index contributed by atoms with van der Waals surface area (Å²) in [5.74, 6) is 0.941. The first-order valence-electron chi connectivity index (χ1n) is 9.57. The van der Waals surface area contributed by atoms with E-state index in [2.05, 4.69) is 27.8 Å². The maximum Gasteiger partial charge on any atom is 0.247 e. The number of nitrogens with one attached hydrogen (secondary N) is 1. The van der Waals surface area contributed by atoms with Crippen LogP contribution in [0, 0.1) is 18.7 Å². The molecular formula is C19H27FN6O. The third-order valence-corrected chi connectivity index (χ3v) is 5.19. The van der Waals surface area contributed by atoms with E-state index in [0.29, 0.717) is 18.2 Å². The van der Waals surface area contributed by atoms with Gasteiger partial charge >= 0.3 is 0 Å². The lowest BCUT2D eigenvalue weighted by Gasteiger charge is -2.34. The third kappa shape index (κ3) is 4.88.